The minimum Gasteiger partial charge on any atom is -0.109 e. The second kappa shape index (κ2) is 2.66. The zero-order chi connectivity index (χ0) is 6.85. The minimum absolute atomic E-state index is 0.691. The first kappa shape index (κ1) is 7.02. The van der Waals surface area contributed by atoms with Gasteiger partial charge in [-0.15, -0.1) is 9.24 Å². The van der Waals surface area contributed by atoms with Crippen molar-refractivity contribution >= 4 is 9.24 Å². The van der Waals surface area contributed by atoms with Gasteiger partial charge >= 0.3 is 0 Å². The Bertz CT molecular complexity index is 163. The van der Waals surface area contributed by atoms with Crippen molar-refractivity contribution in [3.8, 4) is 0 Å². The van der Waals surface area contributed by atoms with Crippen LogP contribution < -0.4 is 0 Å². The zero-order valence-electron chi connectivity index (χ0n) is 6.02. The highest BCUT2D eigenvalue weighted by molar-refractivity contribution is 7.22. The van der Waals surface area contributed by atoms with Crippen LogP contribution >= 0.6 is 9.24 Å². The molecule has 1 unspecified atom stereocenters. The lowest BCUT2D eigenvalue weighted by Crippen LogP contribution is -1.88. The number of rotatable bonds is 1. The van der Waals surface area contributed by atoms with Gasteiger partial charge in [-0.3, -0.25) is 0 Å². The fraction of sp³-hybridized carbons (Fsp3) is 0.500. The Morgan fingerprint density at radius 2 is 2.22 bits per heavy atom. The summed E-state index contributed by atoms with van der Waals surface area (Å²) in [6.45, 7) is 4.46. The molecule has 1 aliphatic rings. The van der Waals surface area contributed by atoms with Crippen LogP contribution in [-0.2, 0) is 0 Å². The summed E-state index contributed by atoms with van der Waals surface area (Å²) in [6, 6.07) is 0. The summed E-state index contributed by atoms with van der Waals surface area (Å²) < 4.78 is 0. The van der Waals surface area contributed by atoms with E-state index in [1.165, 1.54) is 10.9 Å². The highest BCUT2D eigenvalue weighted by atomic mass is 31.0. The van der Waals surface area contributed by atoms with Gasteiger partial charge in [0.2, 0.25) is 0 Å². The summed E-state index contributed by atoms with van der Waals surface area (Å²) in [6.07, 6.45) is 5.59. The predicted molar refractivity (Wildman–Crippen MR) is 45.3 cm³/mol. The first-order valence-electron chi connectivity index (χ1n) is 3.37. The molecule has 0 bridgehead atoms. The van der Waals surface area contributed by atoms with Gasteiger partial charge < -0.3 is 0 Å². The summed E-state index contributed by atoms with van der Waals surface area (Å²) in [5, 5.41) is 1.46. The monoisotopic (exact) mass is 140 g/mol. The topological polar surface area (TPSA) is 0 Å². The van der Waals surface area contributed by atoms with Crippen molar-refractivity contribution in [3.05, 3.63) is 23.0 Å². The van der Waals surface area contributed by atoms with Crippen molar-refractivity contribution in [1.82, 2.24) is 0 Å². The molecular formula is C8H13P. The molecule has 0 nitrogen and oxygen atoms in total. The molecule has 0 saturated carbocycles. The van der Waals surface area contributed by atoms with E-state index in [0.29, 0.717) is 5.92 Å². The standard InChI is InChI=1S/C8H13P/c1-6(2)7-4-3-5-8(7)9/h3-4,6H,5,9H2,1-2H3. The van der Waals surface area contributed by atoms with Crippen LogP contribution in [0.4, 0.5) is 0 Å². The van der Waals surface area contributed by atoms with E-state index in [1.807, 2.05) is 0 Å². The molecule has 1 heteroatoms. The number of hydrogen-bond acceptors (Lipinski definition) is 0. The third kappa shape index (κ3) is 1.43. The van der Waals surface area contributed by atoms with Crippen LogP contribution in [0.3, 0.4) is 0 Å². The molecule has 0 aromatic heterocycles. The third-order valence-electron chi connectivity index (χ3n) is 1.63. The quantitative estimate of drug-likeness (QED) is 0.491. The first-order chi connectivity index (χ1) is 4.22. The lowest BCUT2D eigenvalue weighted by molar-refractivity contribution is 0.791. The lowest BCUT2D eigenvalue weighted by Gasteiger charge is -2.04. The molecule has 9 heavy (non-hydrogen) atoms. The largest absolute Gasteiger partial charge is 0.109 e. The second-order valence-electron chi connectivity index (χ2n) is 2.74. The van der Waals surface area contributed by atoms with Gasteiger partial charge in [-0.05, 0) is 23.2 Å². The smallest absolute Gasteiger partial charge is 0.00922 e. The van der Waals surface area contributed by atoms with Crippen LogP contribution in [0.5, 0.6) is 0 Å². The Labute approximate surface area is 59.2 Å². The SMILES string of the molecule is CC(C)C1=C(P)CC=C1. The molecule has 0 spiro atoms. The van der Waals surface area contributed by atoms with Crippen LogP contribution in [0.1, 0.15) is 20.3 Å². The van der Waals surface area contributed by atoms with Crippen molar-refractivity contribution < 1.29 is 0 Å². The molecule has 1 rings (SSSR count). The Kier molecular flexibility index (Phi) is 2.08. The molecular weight excluding hydrogens is 127 g/mol. The van der Waals surface area contributed by atoms with Crippen LogP contribution in [-0.4, -0.2) is 0 Å². The van der Waals surface area contributed by atoms with Gasteiger partial charge in [0.25, 0.3) is 0 Å². The van der Waals surface area contributed by atoms with E-state index in [2.05, 4.69) is 35.2 Å². The molecule has 0 amide bonds. The summed E-state index contributed by atoms with van der Waals surface area (Å²) in [5.74, 6) is 0.691. The third-order valence-corrected chi connectivity index (χ3v) is 2.20. The van der Waals surface area contributed by atoms with E-state index in [-0.39, 0.29) is 0 Å². The summed E-state index contributed by atoms with van der Waals surface area (Å²) >= 11 is 0. The summed E-state index contributed by atoms with van der Waals surface area (Å²) in [4.78, 5) is 0. The van der Waals surface area contributed by atoms with Crippen LogP contribution in [0, 0.1) is 5.92 Å². The van der Waals surface area contributed by atoms with Crippen molar-refractivity contribution in [2.24, 2.45) is 5.92 Å². The Balaban J connectivity index is 2.77. The molecule has 0 aromatic rings. The molecule has 1 aliphatic carbocycles. The van der Waals surface area contributed by atoms with Gasteiger partial charge in [0.05, 0.1) is 0 Å². The van der Waals surface area contributed by atoms with Gasteiger partial charge in [0, 0.05) is 0 Å². The summed E-state index contributed by atoms with van der Waals surface area (Å²) in [7, 11) is 2.80. The van der Waals surface area contributed by atoms with E-state index in [0.717, 1.165) is 6.42 Å². The van der Waals surface area contributed by atoms with Gasteiger partial charge in [0.1, 0.15) is 0 Å². The Hall–Kier alpha value is -0.0900. The fourth-order valence-electron chi connectivity index (χ4n) is 1.10. The van der Waals surface area contributed by atoms with Crippen molar-refractivity contribution in [2.75, 3.05) is 0 Å². The molecule has 0 aromatic carbocycles. The van der Waals surface area contributed by atoms with E-state index < -0.39 is 0 Å². The highest BCUT2D eigenvalue weighted by Crippen LogP contribution is 2.29. The Morgan fingerprint density at radius 1 is 1.56 bits per heavy atom. The number of hydrogen-bond donors (Lipinski definition) is 0. The van der Waals surface area contributed by atoms with Crippen LogP contribution in [0.15, 0.2) is 23.0 Å². The van der Waals surface area contributed by atoms with Crippen molar-refractivity contribution in [1.29, 1.82) is 0 Å². The molecule has 50 valence electrons. The van der Waals surface area contributed by atoms with Gasteiger partial charge in [0.15, 0.2) is 0 Å². The Morgan fingerprint density at radius 3 is 2.44 bits per heavy atom. The van der Waals surface area contributed by atoms with Gasteiger partial charge in [-0.25, -0.2) is 0 Å². The minimum atomic E-state index is 0.691. The fourth-order valence-corrected chi connectivity index (χ4v) is 1.67. The average Bonchev–Trinajstić information content (AvgIpc) is 2.13. The van der Waals surface area contributed by atoms with E-state index in [9.17, 15) is 0 Å². The van der Waals surface area contributed by atoms with E-state index in [1.54, 1.807) is 0 Å². The maximum absolute atomic E-state index is 2.80. The van der Waals surface area contributed by atoms with Crippen LogP contribution in [0.2, 0.25) is 0 Å². The molecule has 0 heterocycles. The first-order valence-corrected chi connectivity index (χ1v) is 3.94. The predicted octanol–water partition coefficient (Wildman–Crippen LogP) is 2.73. The zero-order valence-corrected chi connectivity index (χ0v) is 7.17. The average molecular weight is 140 g/mol. The lowest BCUT2D eigenvalue weighted by atomic mass is 10.1. The van der Waals surface area contributed by atoms with Gasteiger partial charge in [-0.1, -0.05) is 26.0 Å². The summed E-state index contributed by atoms with van der Waals surface area (Å²) in [5.41, 5.74) is 1.50. The molecule has 0 radical (unpaired) electrons. The van der Waals surface area contributed by atoms with E-state index in [4.69, 9.17) is 0 Å². The highest BCUT2D eigenvalue weighted by Gasteiger charge is 2.07. The molecule has 0 fully saturated rings. The number of allylic oxidation sites excluding steroid dienone is 4. The second-order valence-corrected chi connectivity index (χ2v) is 3.44. The van der Waals surface area contributed by atoms with Gasteiger partial charge in [-0.2, -0.15) is 0 Å². The van der Waals surface area contributed by atoms with Crippen LogP contribution in [0.25, 0.3) is 0 Å². The van der Waals surface area contributed by atoms with Crippen molar-refractivity contribution in [2.45, 2.75) is 20.3 Å². The molecule has 0 N–H and O–H groups in total. The molecule has 1 atom stereocenters. The normalized spacial score (nSPS) is 18.2. The maximum atomic E-state index is 2.80. The van der Waals surface area contributed by atoms with E-state index >= 15 is 0 Å². The van der Waals surface area contributed by atoms with Crippen molar-refractivity contribution in [3.63, 3.8) is 0 Å². The molecule has 0 saturated heterocycles. The molecule has 0 aliphatic heterocycles. The maximum Gasteiger partial charge on any atom is -0.00922 e.